The fraction of sp³-hybridized carbons (Fsp3) is 0.857. The van der Waals surface area contributed by atoms with Crippen LogP contribution in [0.3, 0.4) is 0 Å². The number of esters is 2. The van der Waals surface area contributed by atoms with Gasteiger partial charge in [-0.1, -0.05) is 0 Å². The van der Waals surface area contributed by atoms with Crippen LogP contribution in [-0.2, 0) is 28.5 Å². The first-order chi connectivity index (χ1) is 18.5. The Balaban J connectivity index is 0.000000418. The zero-order valence-corrected chi connectivity index (χ0v) is 25.5. The number of piperidine rings is 2. The predicted molar refractivity (Wildman–Crippen MR) is 146 cm³/mol. The molecule has 0 unspecified atom stereocenters. The number of aliphatic hydroxyl groups excluding tert-OH is 2. The second kappa shape index (κ2) is 14.9. The summed E-state index contributed by atoms with van der Waals surface area (Å²) in [5.41, 5.74) is -2.84. The number of hydrogen-bond acceptors (Lipinski definition) is 10. The summed E-state index contributed by atoms with van der Waals surface area (Å²) in [5, 5.41) is 18.5. The number of rotatable bonds is 6. The average Bonchev–Trinajstić information content (AvgIpc) is 2.87. The smallest absolute Gasteiger partial charge is 0.410 e. The van der Waals surface area contributed by atoms with Gasteiger partial charge in [0.05, 0.1) is 26.4 Å². The van der Waals surface area contributed by atoms with Crippen LogP contribution in [0.2, 0.25) is 0 Å². The quantitative estimate of drug-likeness (QED) is 0.275. The highest BCUT2D eigenvalue weighted by Gasteiger charge is 2.51. The van der Waals surface area contributed by atoms with Crippen LogP contribution in [0.1, 0.15) is 81.1 Å². The van der Waals surface area contributed by atoms with E-state index in [9.17, 15) is 29.4 Å². The largest absolute Gasteiger partial charge is 0.465 e. The van der Waals surface area contributed by atoms with Gasteiger partial charge in [0, 0.05) is 31.6 Å². The summed E-state index contributed by atoms with van der Waals surface area (Å²) in [5.74, 6) is -1.16. The van der Waals surface area contributed by atoms with E-state index in [4.69, 9.17) is 18.9 Å². The Morgan fingerprint density at radius 1 is 0.650 bits per heavy atom. The van der Waals surface area contributed by atoms with Crippen molar-refractivity contribution < 1.29 is 48.3 Å². The van der Waals surface area contributed by atoms with Crippen LogP contribution in [0, 0.1) is 10.8 Å². The highest BCUT2D eigenvalue weighted by Crippen LogP contribution is 2.35. The number of carbonyl (C=O) groups excluding carboxylic acids is 4. The Morgan fingerprint density at radius 3 is 1.25 bits per heavy atom. The lowest BCUT2D eigenvalue weighted by molar-refractivity contribution is -0.175. The molecule has 0 radical (unpaired) electrons. The zero-order valence-electron chi connectivity index (χ0n) is 25.5. The van der Waals surface area contributed by atoms with Crippen molar-refractivity contribution in [3.8, 4) is 0 Å². The second-order valence-electron chi connectivity index (χ2n) is 12.3. The summed E-state index contributed by atoms with van der Waals surface area (Å²) in [7, 11) is 0. The van der Waals surface area contributed by atoms with Gasteiger partial charge in [-0.15, -0.1) is 0 Å². The van der Waals surface area contributed by atoms with Gasteiger partial charge < -0.3 is 39.0 Å². The van der Waals surface area contributed by atoms with Crippen molar-refractivity contribution in [2.24, 2.45) is 10.8 Å². The van der Waals surface area contributed by atoms with E-state index >= 15 is 0 Å². The summed E-state index contributed by atoms with van der Waals surface area (Å²) >= 11 is 0. The maximum absolute atomic E-state index is 12.3. The first-order valence-electron chi connectivity index (χ1n) is 14.0. The van der Waals surface area contributed by atoms with Gasteiger partial charge in [-0.25, -0.2) is 9.59 Å². The SMILES string of the molecule is CC(C)(C)OC(=O)N1CCC(CO)(CO)CC1.CCOC(=O)C1(C(=O)OCC)CCN(C(=O)OC(C)(C)C)CC1. The molecule has 232 valence electrons. The number of aliphatic hydroxyl groups is 2. The number of hydrogen-bond donors (Lipinski definition) is 2. The molecule has 2 aliphatic rings. The van der Waals surface area contributed by atoms with Crippen molar-refractivity contribution in [3.05, 3.63) is 0 Å². The van der Waals surface area contributed by atoms with E-state index in [0.29, 0.717) is 25.9 Å². The third-order valence-electron chi connectivity index (χ3n) is 6.75. The van der Waals surface area contributed by atoms with Gasteiger partial charge in [0.2, 0.25) is 0 Å². The van der Waals surface area contributed by atoms with Crippen molar-refractivity contribution in [2.75, 3.05) is 52.6 Å². The van der Waals surface area contributed by atoms with Crippen LogP contribution >= 0.6 is 0 Å². The molecule has 2 aliphatic heterocycles. The zero-order chi connectivity index (χ0) is 30.8. The van der Waals surface area contributed by atoms with Crippen LogP contribution in [0.25, 0.3) is 0 Å². The maximum atomic E-state index is 12.3. The van der Waals surface area contributed by atoms with Crippen LogP contribution in [0.5, 0.6) is 0 Å². The van der Waals surface area contributed by atoms with E-state index in [0.717, 1.165) is 0 Å². The van der Waals surface area contributed by atoms with Gasteiger partial charge in [0.1, 0.15) is 11.2 Å². The summed E-state index contributed by atoms with van der Waals surface area (Å²) < 4.78 is 20.7. The number of likely N-dealkylation sites (tertiary alicyclic amines) is 2. The molecule has 12 nitrogen and oxygen atoms in total. The molecule has 2 amide bonds. The van der Waals surface area contributed by atoms with E-state index in [1.807, 2.05) is 20.8 Å². The molecule has 0 aromatic heterocycles. The first-order valence-corrected chi connectivity index (χ1v) is 14.0. The molecular weight excluding hydrogens is 524 g/mol. The standard InChI is InChI=1S/C16H27NO6.C12H23NO4/c1-6-21-12(18)16(13(19)22-7-2)8-10-17(11-9-16)14(20)23-15(3,4)5;1-11(2,3)17-10(16)13-6-4-12(8-14,9-15)5-7-13/h6-11H2,1-5H3;14-15H,4-9H2,1-3H3. The van der Waals surface area contributed by atoms with Crippen molar-refractivity contribution in [1.29, 1.82) is 0 Å². The molecule has 0 aromatic carbocycles. The topological polar surface area (TPSA) is 152 Å². The molecule has 0 bridgehead atoms. The fourth-order valence-corrected chi connectivity index (χ4v) is 4.28. The monoisotopic (exact) mass is 574 g/mol. The number of amides is 2. The molecular formula is C28H50N2O10. The van der Waals surface area contributed by atoms with Gasteiger partial charge >= 0.3 is 24.1 Å². The van der Waals surface area contributed by atoms with E-state index in [-0.39, 0.29) is 58.5 Å². The van der Waals surface area contributed by atoms with Gasteiger partial charge in [0.15, 0.2) is 5.41 Å². The minimum Gasteiger partial charge on any atom is -0.465 e. The third kappa shape index (κ3) is 10.4. The minimum atomic E-state index is -1.33. The maximum Gasteiger partial charge on any atom is 0.410 e. The molecule has 2 rings (SSSR count). The van der Waals surface area contributed by atoms with Gasteiger partial charge in [0.25, 0.3) is 0 Å². The molecule has 0 aromatic rings. The Kier molecular flexibility index (Phi) is 13.2. The van der Waals surface area contributed by atoms with E-state index in [1.54, 1.807) is 39.5 Å². The summed E-state index contributed by atoms with van der Waals surface area (Å²) in [6.07, 6.45) is 0.799. The average molecular weight is 575 g/mol. The van der Waals surface area contributed by atoms with Crippen LogP contribution in [0.15, 0.2) is 0 Å². The summed E-state index contributed by atoms with van der Waals surface area (Å²) in [6.45, 7) is 16.1. The highest BCUT2D eigenvalue weighted by atomic mass is 16.6. The lowest BCUT2D eigenvalue weighted by Crippen LogP contribution is -2.52. The molecule has 2 fully saturated rings. The Bertz CT molecular complexity index is 820. The minimum absolute atomic E-state index is 0.0361. The molecule has 2 saturated heterocycles. The number of nitrogens with zero attached hydrogens (tertiary/aromatic N) is 2. The molecule has 0 aliphatic carbocycles. The number of ether oxygens (including phenoxy) is 4. The second-order valence-corrected chi connectivity index (χ2v) is 12.3. The number of carbonyl (C=O) groups is 4. The predicted octanol–water partition coefficient (Wildman–Crippen LogP) is 3.12. The van der Waals surface area contributed by atoms with Crippen molar-refractivity contribution in [2.45, 2.75) is 92.3 Å². The van der Waals surface area contributed by atoms with E-state index in [1.165, 1.54) is 4.90 Å². The van der Waals surface area contributed by atoms with Crippen LogP contribution in [-0.4, -0.2) is 108 Å². The Morgan fingerprint density at radius 2 is 0.975 bits per heavy atom. The van der Waals surface area contributed by atoms with Crippen LogP contribution < -0.4 is 0 Å². The molecule has 12 heteroatoms. The van der Waals surface area contributed by atoms with Gasteiger partial charge in [-0.2, -0.15) is 0 Å². The van der Waals surface area contributed by atoms with E-state index in [2.05, 4.69) is 0 Å². The van der Waals surface area contributed by atoms with E-state index < -0.39 is 40.1 Å². The lowest BCUT2D eigenvalue weighted by Gasteiger charge is -2.39. The summed E-state index contributed by atoms with van der Waals surface area (Å²) in [4.78, 5) is 51.6. The van der Waals surface area contributed by atoms with Crippen molar-refractivity contribution in [3.63, 3.8) is 0 Å². The van der Waals surface area contributed by atoms with Crippen molar-refractivity contribution >= 4 is 24.1 Å². The molecule has 40 heavy (non-hydrogen) atoms. The molecule has 2 heterocycles. The molecule has 0 spiro atoms. The summed E-state index contributed by atoms with van der Waals surface area (Å²) in [6, 6.07) is 0. The highest BCUT2D eigenvalue weighted by molar-refractivity contribution is 6.00. The van der Waals surface area contributed by atoms with Crippen molar-refractivity contribution in [1.82, 2.24) is 9.80 Å². The van der Waals surface area contributed by atoms with Gasteiger partial charge in [-0.3, -0.25) is 9.59 Å². The fourth-order valence-electron chi connectivity index (χ4n) is 4.28. The normalized spacial score (nSPS) is 18.6. The first kappa shape index (κ1) is 35.4. The van der Waals surface area contributed by atoms with Crippen LogP contribution in [0.4, 0.5) is 9.59 Å². The Hall–Kier alpha value is -2.60. The molecule has 2 N–H and O–H groups in total. The van der Waals surface area contributed by atoms with Gasteiger partial charge in [-0.05, 0) is 81.1 Å². The third-order valence-corrected chi connectivity index (χ3v) is 6.75. The molecule has 0 atom stereocenters. The molecule has 0 saturated carbocycles. The lowest BCUT2D eigenvalue weighted by atomic mass is 9.78. The Labute approximate surface area is 238 Å².